The molecule has 1 unspecified atom stereocenters. The van der Waals surface area contributed by atoms with Gasteiger partial charge in [-0.05, 0) is 20.3 Å². The Bertz CT molecular complexity index is 213. The minimum Gasteiger partial charge on any atom is -0.478 e. The monoisotopic (exact) mass is 153 g/mol. The van der Waals surface area contributed by atoms with Crippen LogP contribution in [0, 0.1) is 17.2 Å². The second kappa shape index (κ2) is 4.51. The van der Waals surface area contributed by atoms with E-state index in [1.54, 1.807) is 13.0 Å². The van der Waals surface area contributed by atoms with Crippen LogP contribution in [0.15, 0.2) is 11.6 Å². The molecule has 0 amide bonds. The number of hydrogen-bond donors (Lipinski definition) is 1. The predicted octanol–water partition coefficient (Wildman–Crippen LogP) is 1.57. The minimum absolute atomic E-state index is 0.107. The van der Waals surface area contributed by atoms with Gasteiger partial charge in [0.15, 0.2) is 0 Å². The van der Waals surface area contributed by atoms with Crippen LogP contribution in [0.1, 0.15) is 20.3 Å². The van der Waals surface area contributed by atoms with Gasteiger partial charge in [0.1, 0.15) is 0 Å². The average Bonchev–Trinajstić information content (AvgIpc) is 1.99. The second-order valence-corrected chi connectivity index (χ2v) is 2.46. The molecule has 1 N–H and O–H groups in total. The lowest BCUT2D eigenvalue weighted by atomic mass is 10.1. The topological polar surface area (TPSA) is 61.1 Å². The smallest absolute Gasteiger partial charge is 0.330 e. The summed E-state index contributed by atoms with van der Waals surface area (Å²) >= 11 is 0. The van der Waals surface area contributed by atoms with Crippen LogP contribution in [0.4, 0.5) is 0 Å². The molecule has 0 bridgehead atoms. The van der Waals surface area contributed by atoms with Gasteiger partial charge < -0.3 is 5.11 Å². The van der Waals surface area contributed by atoms with Gasteiger partial charge in [0.05, 0.1) is 6.07 Å². The third kappa shape index (κ3) is 4.15. The highest BCUT2D eigenvalue weighted by atomic mass is 16.4. The van der Waals surface area contributed by atoms with Gasteiger partial charge in [0.2, 0.25) is 0 Å². The third-order valence-electron chi connectivity index (χ3n) is 1.34. The largest absolute Gasteiger partial charge is 0.478 e. The van der Waals surface area contributed by atoms with Crippen molar-refractivity contribution in [2.45, 2.75) is 20.3 Å². The first-order chi connectivity index (χ1) is 5.07. The first kappa shape index (κ1) is 9.70. The SMILES string of the molecule is C/C(=C\CC(C)C#N)C(=O)O. The maximum atomic E-state index is 10.2. The predicted molar refractivity (Wildman–Crippen MR) is 40.8 cm³/mol. The van der Waals surface area contributed by atoms with Crippen LogP contribution in [-0.2, 0) is 4.79 Å². The molecule has 1 atom stereocenters. The molecule has 0 radical (unpaired) electrons. The lowest BCUT2D eigenvalue weighted by Crippen LogP contribution is -1.97. The highest BCUT2D eigenvalue weighted by Gasteiger charge is 2.00. The van der Waals surface area contributed by atoms with Gasteiger partial charge in [-0.15, -0.1) is 0 Å². The second-order valence-electron chi connectivity index (χ2n) is 2.46. The van der Waals surface area contributed by atoms with Crippen molar-refractivity contribution in [2.75, 3.05) is 0 Å². The van der Waals surface area contributed by atoms with Crippen LogP contribution in [0.2, 0.25) is 0 Å². The van der Waals surface area contributed by atoms with Gasteiger partial charge in [-0.25, -0.2) is 4.79 Å². The molecule has 0 fully saturated rings. The van der Waals surface area contributed by atoms with Gasteiger partial charge in [-0.2, -0.15) is 5.26 Å². The van der Waals surface area contributed by atoms with E-state index in [0.717, 1.165) is 0 Å². The molecular formula is C8H11NO2. The van der Waals surface area contributed by atoms with E-state index in [9.17, 15) is 4.79 Å². The van der Waals surface area contributed by atoms with Crippen LogP contribution in [0.25, 0.3) is 0 Å². The van der Waals surface area contributed by atoms with E-state index in [1.807, 2.05) is 6.07 Å². The van der Waals surface area contributed by atoms with Crippen LogP contribution in [-0.4, -0.2) is 11.1 Å². The normalized spacial score (nSPS) is 13.7. The zero-order valence-corrected chi connectivity index (χ0v) is 6.66. The van der Waals surface area contributed by atoms with Gasteiger partial charge in [0, 0.05) is 11.5 Å². The minimum atomic E-state index is -0.921. The fourth-order valence-corrected chi connectivity index (χ4v) is 0.494. The number of allylic oxidation sites excluding steroid dienone is 1. The highest BCUT2D eigenvalue weighted by molar-refractivity contribution is 5.85. The number of carboxylic acids is 1. The molecule has 0 heterocycles. The quantitative estimate of drug-likeness (QED) is 0.626. The van der Waals surface area contributed by atoms with E-state index in [-0.39, 0.29) is 5.92 Å². The summed E-state index contributed by atoms with van der Waals surface area (Å²) in [4.78, 5) is 10.2. The molecule has 0 aromatic carbocycles. The molecule has 0 aromatic rings. The Balaban J connectivity index is 3.95. The number of nitriles is 1. The number of nitrogens with zero attached hydrogens (tertiary/aromatic N) is 1. The number of hydrogen-bond acceptors (Lipinski definition) is 2. The molecule has 0 saturated heterocycles. The summed E-state index contributed by atoms with van der Waals surface area (Å²) in [5.41, 5.74) is 0.298. The maximum Gasteiger partial charge on any atom is 0.330 e. The molecule has 11 heavy (non-hydrogen) atoms. The van der Waals surface area contributed by atoms with Crippen LogP contribution < -0.4 is 0 Å². The zero-order valence-electron chi connectivity index (χ0n) is 6.66. The molecule has 60 valence electrons. The first-order valence-corrected chi connectivity index (χ1v) is 3.37. The third-order valence-corrected chi connectivity index (χ3v) is 1.34. The van der Waals surface area contributed by atoms with E-state index in [2.05, 4.69) is 0 Å². The molecular weight excluding hydrogens is 142 g/mol. The van der Waals surface area contributed by atoms with Crippen LogP contribution >= 0.6 is 0 Å². The fraction of sp³-hybridized carbons (Fsp3) is 0.500. The van der Waals surface area contributed by atoms with Crippen molar-refractivity contribution < 1.29 is 9.90 Å². The van der Waals surface area contributed by atoms with E-state index in [4.69, 9.17) is 10.4 Å². The Morgan fingerprint density at radius 1 is 1.82 bits per heavy atom. The van der Waals surface area contributed by atoms with Gasteiger partial charge in [-0.3, -0.25) is 0 Å². The zero-order chi connectivity index (χ0) is 8.85. The lowest BCUT2D eigenvalue weighted by Gasteiger charge is -1.95. The van der Waals surface area contributed by atoms with Crippen LogP contribution in [0.3, 0.4) is 0 Å². The molecule has 0 rings (SSSR count). The van der Waals surface area contributed by atoms with Gasteiger partial charge >= 0.3 is 5.97 Å². The van der Waals surface area contributed by atoms with Gasteiger partial charge in [-0.1, -0.05) is 6.08 Å². The Hall–Kier alpha value is -1.30. The Kier molecular flexibility index (Phi) is 3.97. The average molecular weight is 153 g/mol. The summed E-state index contributed by atoms with van der Waals surface area (Å²) in [7, 11) is 0. The van der Waals surface area contributed by atoms with Crippen molar-refractivity contribution in [1.82, 2.24) is 0 Å². The van der Waals surface area contributed by atoms with E-state index >= 15 is 0 Å². The van der Waals surface area contributed by atoms with Crippen molar-refractivity contribution in [1.29, 1.82) is 5.26 Å². The number of carbonyl (C=O) groups is 1. The molecule has 0 aliphatic heterocycles. The van der Waals surface area contributed by atoms with Crippen molar-refractivity contribution in [3.05, 3.63) is 11.6 Å². The molecule has 0 aliphatic rings. The summed E-state index contributed by atoms with van der Waals surface area (Å²) < 4.78 is 0. The Morgan fingerprint density at radius 2 is 2.36 bits per heavy atom. The lowest BCUT2D eigenvalue weighted by molar-refractivity contribution is -0.132. The first-order valence-electron chi connectivity index (χ1n) is 3.37. The molecule has 3 nitrogen and oxygen atoms in total. The van der Waals surface area contributed by atoms with Gasteiger partial charge in [0.25, 0.3) is 0 Å². The Labute approximate surface area is 66.0 Å². The van der Waals surface area contributed by atoms with Crippen molar-refractivity contribution >= 4 is 5.97 Å². The molecule has 0 spiro atoms. The van der Waals surface area contributed by atoms with Crippen molar-refractivity contribution in [3.8, 4) is 6.07 Å². The van der Waals surface area contributed by atoms with E-state index in [1.165, 1.54) is 6.92 Å². The van der Waals surface area contributed by atoms with E-state index in [0.29, 0.717) is 12.0 Å². The highest BCUT2D eigenvalue weighted by Crippen LogP contribution is 2.03. The Morgan fingerprint density at radius 3 is 2.73 bits per heavy atom. The maximum absolute atomic E-state index is 10.2. The number of rotatable bonds is 3. The molecule has 0 aromatic heterocycles. The van der Waals surface area contributed by atoms with Crippen molar-refractivity contribution in [3.63, 3.8) is 0 Å². The standard InChI is InChI=1S/C8H11NO2/c1-6(5-9)3-4-7(2)8(10)11/h4,6H,3H2,1-2H3,(H,10,11)/b7-4+. The summed E-state index contributed by atoms with van der Waals surface area (Å²) in [6.45, 7) is 3.28. The molecule has 0 saturated carbocycles. The number of aliphatic carboxylic acids is 1. The molecule has 0 aliphatic carbocycles. The van der Waals surface area contributed by atoms with Crippen LogP contribution in [0.5, 0.6) is 0 Å². The summed E-state index contributed by atoms with van der Waals surface area (Å²) in [5.74, 6) is -1.03. The molecule has 3 heteroatoms. The van der Waals surface area contributed by atoms with Crippen molar-refractivity contribution in [2.24, 2.45) is 5.92 Å². The van der Waals surface area contributed by atoms with E-state index < -0.39 is 5.97 Å². The number of carboxylic acid groups (broad SMARTS) is 1. The summed E-state index contributed by atoms with van der Waals surface area (Å²) in [6, 6.07) is 2.02. The summed E-state index contributed by atoms with van der Waals surface area (Å²) in [5, 5.41) is 16.8. The summed E-state index contributed by atoms with van der Waals surface area (Å²) in [6.07, 6.45) is 2.07. The fourth-order valence-electron chi connectivity index (χ4n) is 0.494.